The minimum atomic E-state index is 0.249. The fourth-order valence-corrected chi connectivity index (χ4v) is 2.72. The monoisotopic (exact) mass is 199 g/mol. The first-order valence-electron chi connectivity index (χ1n) is 4.50. The molecule has 1 saturated heterocycles. The maximum Gasteiger partial charge on any atom is 0.260 e. The molecule has 1 unspecified atom stereocenters. The summed E-state index contributed by atoms with van der Waals surface area (Å²) in [5, 5.41) is 3.57. The summed E-state index contributed by atoms with van der Waals surface area (Å²) in [5.74, 6) is 4.13. The van der Waals surface area contributed by atoms with Gasteiger partial charge in [0.2, 0.25) is 5.89 Å². The van der Waals surface area contributed by atoms with Gasteiger partial charge in [0, 0.05) is 6.42 Å². The topological polar surface area (TPSA) is 64.9 Å². The maximum absolute atomic E-state index is 5.36. The standard InChI is InChI=1S/C8H13N3OS/c9-8-10-7(12-11-8)4-6-2-1-3-13-5-6/h6H,1-5H2,(H2,9,11). The molecular formula is C8H13N3OS. The zero-order valence-corrected chi connectivity index (χ0v) is 8.22. The Balaban J connectivity index is 1.89. The Labute approximate surface area is 81.3 Å². The zero-order chi connectivity index (χ0) is 9.10. The van der Waals surface area contributed by atoms with Crippen LogP contribution in [0.4, 0.5) is 5.95 Å². The highest BCUT2D eigenvalue weighted by atomic mass is 32.2. The summed E-state index contributed by atoms with van der Waals surface area (Å²) in [7, 11) is 0. The molecule has 0 spiro atoms. The number of hydrogen-bond donors (Lipinski definition) is 1. The third-order valence-corrected chi connectivity index (χ3v) is 3.49. The lowest BCUT2D eigenvalue weighted by Gasteiger charge is -2.18. The molecule has 1 aliphatic heterocycles. The second-order valence-electron chi connectivity index (χ2n) is 3.33. The number of nitrogens with zero attached hydrogens (tertiary/aromatic N) is 2. The lowest BCUT2D eigenvalue weighted by atomic mass is 10.0. The highest BCUT2D eigenvalue weighted by Gasteiger charge is 2.17. The van der Waals surface area contributed by atoms with E-state index < -0.39 is 0 Å². The van der Waals surface area contributed by atoms with Crippen molar-refractivity contribution in [2.75, 3.05) is 17.2 Å². The van der Waals surface area contributed by atoms with Gasteiger partial charge in [-0.3, -0.25) is 0 Å². The highest BCUT2D eigenvalue weighted by Crippen LogP contribution is 2.25. The number of anilines is 1. The molecule has 2 heterocycles. The minimum Gasteiger partial charge on any atom is -0.365 e. The number of nitrogen functional groups attached to an aromatic ring is 1. The zero-order valence-electron chi connectivity index (χ0n) is 7.40. The Hall–Kier alpha value is -0.710. The molecule has 0 amide bonds. The van der Waals surface area contributed by atoms with Crippen LogP contribution < -0.4 is 5.73 Å². The van der Waals surface area contributed by atoms with Crippen molar-refractivity contribution in [1.82, 2.24) is 10.1 Å². The summed E-state index contributed by atoms with van der Waals surface area (Å²) in [4.78, 5) is 4.00. The van der Waals surface area contributed by atoms with E-state index in [9.17, 15) is 0 Å². The molecule has 1 aromatic heterocycles. The lowest BCUT2D eigenvalue weighted by Crippen LogP contribution is -2.13. The molecule has 1 atom stereocenters. The normalized spacial score (nSPS) is 23.2. The van der Waals surface area contributed by atoms with E-state index in [1.165, 1.54) is 24.3 Å². The largest absolute Gasteiger partial charge is 0.365 e. The number of aromatic nitrogens is 2. The van der Waals surface area contributed by atoms with Gasteiger partial charge in [-0.2, -0.15) is 16.7 Å². The molecule has 1 aromatic rings. The SMILES string of the molecule is Nc1noc(CC2CCCSC2)n1. The average molecular weight is 199 g/mol. The highest BCUT2D eigenvalue weighted by molar-refractivity contribution is 7.99. The molecule has 0 aliphatic carbocycles. The molecule has 2 rings (SSSR count). The predicted molar refractivity (Wildman–Crippen MR) is 52.5 cm³/mol. The van der Waals surface area contributed by atoms with Crippen LogP contribution in [-0.4, -0.2) is 21.6 Å². The van der Waals surface area contributed by atoms with Crippen molar-refractivity contribution in [3.8, 4) is 0 Å². The molecule has 0 saturated carbocycles. The summed E-state index contributed by atoms with van der Waals surface area (Å²) < 4.78 is 4.97. The van der Waals surface area contributed by atoms with Crippen LogP contribution >= 0.6 is 11.8 Å². The van der Waals surface area contributed by atoms with Crippen molar-refractivity contribution in [3.05, 3.63) is 5.89 Å². The molecule has 0 bridgehead atoms. The van der Waals surface area contributed by atoms with Gasteiger partial charge >= 0.3 is 0 Å². The van der Waals surface area contributed by atoms with Gasteiger partial charge in [0.05, 0.1) is 0 Å². The Bertz CT molecular complexity index is 270. The Morgan fingerprint density at radius 1 is 1.62 bits per heavy atom. The van der Waals surface area contributed by atoms with Gasteiger partial charge in [-0.15, -0.1) is 0 Å². The molecule has 5 heteroatoms. The van der Waals surface area contributed by atoms with Crippen LogP contribution in [0.2, 0.25) is 0 Å². The van der Waals surface area contributed by atoms with Crippen molar-refractivity contribution >= 4 is 17.7 Å². The fraction of sp³-hybridized carbons (Fsp3) is 0.750. The van der Waals surface area contributed by atoms with Crippen molar-refractivity contribution < 1.29 is 4.52 Å². The Kier molecular flexibility index (Phi) is 2.73. The average Bonchev–Trinajstić information content (AvgIpc) is 2.53. The van der Waals surface area contributed by atoms with Gasteiger partial charge in [-0.1, -0.05) is 0 Å². The molecule has 1 fully saturated rings. The van der Waals surface area contributed by atoms with Gasteiger partial charge in [-0.05, 0) is 35.4 Å². The van der Waals surface area contributed by atoms with E-state index in [1.807, 2.05) is 11.8 Å². The predicted octanol–water partition coefficient (Wildman–Crippen LogP) is 1.34. The number of thioether (sulfide) groups is 1. The number of rotatable bonds is 2. The maximum atomic E-state index is 5.36. The van der Waals surface area contributed by atoms with Crippen molar-refractivity contribution in [3.63, 3.8) is 0 Å². The number of hydrogen-bond acceptors (Lipinski definition) is 5. The second kappa shape index (κ2) is 4.00. The van der Waals surface area contributed by atoms with Crippen LogP contribution in [0.25, 0.3) is 0 Å². The fourth-order valence-electron chi connectivity index (χ4n) is 1.57. The molecule has 2 N–H and O–H groups in total. The van der Waals surface area contributed by atoms with E-state index in [-0.39, 0.29) is 5.95 Å². The minimum absolute atomic E-state index is 0.249. The third kappa shape index (κ3) is 2.37. The summed E-state index contributed by atoms with van der Waals surface area (Å²) in [6.07, 6.45) is 3.46. The Morgan fingerprint density at radius 3 is 3.15 bits per heavy atom. The first-order valence-corrected chi connectivity index (χ1v) is 5.66. The van der Waals surface area contributed by atoms with Crippen LogP contribution in [0.15, 0.2) is 4.52 Å². The smallest absolute Gasteiger partial charge is 0.260 e. The lowest BCUT2D eigenvalue weighted by molar-refractivity contribution is 0.353. The van der Waals surface area contributed by atoms with Crippen molar-refractivity contribution in [2.24, 2.45) is 5.92 Å². The van der Waals surface area contributed by atoms with Crippen LogP contribution in [-0.2, 0) is 6.42 Å². The first kappa shape index (κ1) is 8.87. The molecular weight excluding hydrogens is 186 g/mol. The van der Waals surface area contributed by atoms with Gasteiger partial charge in [0.15, 0.2) is 0 Å². The van der Waals surface area contributed by atoms with Gasteiger partial charge in [0.25, 0.3) is 5.95 Å². The molecule has 72 valence electrons. The molecule has 0 aromatic carbocycles. The van der Waals surface area contributed by atoms with Crippen molar-refractivity contribution in [1.29, 1.82) is 0 Å². The van der Waals surface area contributed by atoms with Gasteiger partial charge < -0.3 is 10.3 Å². The van der Waals surface area contributed by atoms with E-state index in [0.29, 0.717) is 11.8 Å². The molecule has 1 aliphatic rings. The summed E-state index contributed by atoms with van der Waals surface area (Å²) >= 11 is 2.01. The first-order chi connectivity index (χ1) is 6.34. The second-order valence-corrected chi connectivity index (χ2v) is 4.48. The Morgan fingerprint density at radius 2 is 2.54 bits per heavy atom. The van der Waals surface area contributed by atoms with E-state index in [2.05, 4.69) is 10.1 Å². The van der Waals surface area contributed by atoms with Crippen molar-refractivity contribution in [2.45, 2.75) is 19.3 Å². The summed E-state index contributed by atoms with van der Waals surface area (Å²) in [5.41, 5.74) is 5.36. The van der Waals surface area contributed by atoms with E-state index in [4.69, 9.17) is 10.3 Å². The summed E-state index contributed by atoms with van der Waals surface area (Å²) in [6, 6.07) is 0. The molecule has 4 nitrogen and oxygen atoms in total. The van der Waals surface area contributed by atoms with Crippen LogP contribution in [0.1, 0.15) is 18.7 Å². The quantitative estimate of drug-likeness (QED) is 0.778. The van der Waals surface area contributed by atoms with Gasteiger partial charge in [0.1, 0.15) is 0 Å². The number of nitrogens with two attached hydrogens (primary N) is 1. The van der Waals surface area contributed by atoms with E-state index >= 15 is 0 Å². The summed E-state index contributed by atoms with van der Waals surface area (Å²) in [6.45, 7) is 0. The van der Waals surface area contributed by atoms with Crippen LogP contribution in [0.5, 0.6) is 0 Å². The molecule has 13 heavy (non-hydrogen) atoms. The van der Waals surface area contributed by atoms with Gasteiger partial charge in [-0.25, -0.2) is 0 Å². The van der Waals surface area contributed by atoms with Crippen LogP contribution in [0.3, 0.4) is 0 Å². The third-order valence-electron chi connectivity index (χ3n) is 2.20. The van der Waals surface area contributed by atoms with E-state index in [1.54, 1.807) is 0 Å². The van der Waals surface area contributed by atoms with E-state index in [0.717, 1.165) is 6.42 Å². The van der Waals surface area contributed by atoms with Crippen LogP contribution in [0, 0.1) is 5.92 Å². The molecule has 0 radical (unpaired) electrons.